The zero-order chi connectivity index (χ0) is 14.7. The number of nitro benzene ring substituents is 1. The summed E-state index contributed by atoms with van der Waals surface area (Å²) in [5.41, 5.74) is 2.04. The third-order valence-electron chi connectivity index (χ3n) is 3.65. The normalized spacial score (nSPS) is 15.2. The minimum Gasteiger partial charge on any atom is -0.379 e. The van der Waals surface area contributed by atoms with Crippen LogP contribution < -0.4 is 10.6 Å². The third kappa shape index (κ3) is 3.07. The van der Waals surface area contributed by atoms with Crippen LogP contribution >= 0.6 is 0 Å². The number of benzene rings is 1. The second-order valence-corrected chi connectivity index (χ2v) is 5.23. The van der Waals surface area contributed by atoms with E-state index in [-0.39, 0.29) is 16.5 Å². The van der Waals surface area contributed by atoms with E-state index in [0.29, 0.717) is 36.7 Å². The Morgan fingerprint density at radius 1 is 1.45 bits per heavy atom. The molecule has 2 N–H and O–H groups in total. The number of fused-ring (bicyclic) bond motifs is 1. The molecule has 0 bridgehead atoms. The summed E-state index contributed by atoms with van der Waals surface area (Å²) in [4.78, 5) is 22.2. The van der Waals surface area contributed by atoms with Crippen LogP contribution in [0.1, 0.15) is 32.3 Å². The molecule has 1 heterocycles. The zero-order valence-electron chi connectivity index (χ0n) is 11.7. The van der Waals surface area contributed by atoms with Gasteiger partial charge < -0.3 is 10.6 Å². The summed E-state index contributed by atoms with van der Waals surface area (Å²) in [6.45, 7) is 4.83. The maximum absolute atomic E-state index is 11.4. The highest BCUT2D eigenvalue weighted by atomic mass is 16.6. The average molecular weight is 277 g/mol. The molecule has 0 aliphatic carbocycles. The molecule has 1 aromatic carbocycles. The van der Waals surface area contributed by atoms with Gasteiger partial charge in [0.2, 0.25) is 5.91 Å². The molecule has 1 unspecified atom stereocenters. The van der Waals surface area contributed by atoms with Gasteiger partial charge in [-0.3, -0.25) is 14.9 Å². The maximum atomic E-state index is 11.4. The number of hydrogen-bond donors (Lipinski definition) is 2. The van der Waals surface area contributed by atoms with Gasteiger partial charge in [-0.25, -0.2) is 0 Å². The van der Waals surface area contributed by atoms with Gasteiger partial charge in [0, 0.05) is 24.7 Å². The highest BCUT2D eigenvalue weighted by Gasteiger charge is 2.22. The Morgan fingerprint density at radius 3 is 2.85 bits per heavy atom. The van der Waals surface area contributed by atoms with E-state index in [1.807, 2.05) is 0 Å². The van der Waals surface area contributed by atoms with Crippen molar-refractivity contribution in [2.45, 2.75) is 33.1 Å². The Bertz CT molecular complexity index is 543. The van der Waals surface area contributed by atoms with Gasteiger partial charge in [0.15, 0.2) is 0 Å². The highest BCUT2D eigenvalue weighted by Crippen LogP contribution is 2.34. The van der Waals surface area contributed by atoms with Crippen LogP contribution in [0, 0.1) is 16.0 Å². The number of anilines is 2. The van der Waals surface area contributed by atoms with E-state index in [4.69, 9.17) is 0 Å². The van der Waals surface area contributed by atoms with Crippen molar-refractivity contribution in [2.24, 2.45) is 5.92 Å². The van der Waals surface area contributed by atoms with Crippen LogP contribution in [0.5, 0.6) is 0 Å². The molecule has 0 spiro atoms. The Labute approximate surface area is 117 Å². The predicted octanol–water partition coefficient (Wildman–Crippen LogP) is 2.94. The average Bonchev–Trinajstić information content (AvgIpc) is 2.43. The molecule has 0 radical (unpaired) electrons. The van der Waals surface area contributed by atoms with Gasteiger partial charge >= 0.3 is 0 Å². The molecule has 0 saturated carbocycles. The number of aryl methyl sites for hydroxylation is 1. The molecule has 0 saturated heterocycles. The minimum absolute atomic E-state index is 0.0424. The van der Waals surface area contributed by atoms with Crippen molar-refractivity contribution in [1.82, 2.24) is 0 Å². The van der Waals surface area contributed by atoms with Crippen molar-refractivity contribution in [3.63, 3.8) is 0 Å². The van der Waals surface area contributed by atoms with E-state index in [2.05, 4.69) is 24.5 Å². The molecule has 20 heavy (non-hydrogen) atoms. The number of nitro groups is 1. The zero-order valence-corrected chi connectivity index (χ0v) is 11.7. The lowest BCUT2D eigenvalue weighted by Crippen LogP contribution is -2.20. The van der Waals surface area contributed by atoms with Gasteiger partial charge in [0.05, 0.1) is 4.92 Å². The van der Waals surface area contributed by atoms with Crippen LogP contribution in [0.15, 0.2) is 12.1 Å². The van der Waals surface area contributed by atoms with Crippen molar-refractivity contribution >= 4 is 23.0 Å². The van der Waals surface area contributed by atoms with Gasteiger partial charge in [-0.05, 0) is 24.0 Å². The molecule has 1 aliphatic rings. The highest BCUT2D eigenvalue weighted by molar-refractivity contribution is 5.95. The van der Waals surface area contributed by atoms with Gasteiger partial charge in [-0.1, -0.05) is 20.3 Å². The molecule has 108 valence electrons. The van der Waals surface area contributed by atoms with Crippen LogP contribution in [-0.2, 0) is 11.2 Å². The molecule has 0 aromatic heterocycles. The van der Waals surface area contributed by atoms with Crippen molar-refractivity contribution < 1.29 is 9.72 Å². The summed E-state index contributed by atoms with van der Waals surface area (Å²) in [6, 6.07) is 3.24. The first-order chi connectivity index (χ1) is 9.51. The Kier molecular flexibility index (Phi) is 4.22. The standard InChI is InChI=1S/C14H19N3O3/c1-3-9(2)8-15-12-7-11-10(4-5-14(18)16-11)6-13(12)17(19)20/h6-7,9,15H,3-5,8H2,1-2H3,(H,16,18). The molecule has 0 fully saturated rings. The van der Waals surface area contributed by atoms with Crippen LogP contribution in [0.2, 0.25) is 0 Å². The Morgan fingerprint density at radius 2 is 2.20 bits per heavy atom. The van der Waals surface area contributed by atoms with Crippen LogP contribution in [0.25, 0.3) is 0 Å². The molecule has 1 aliphatic heterocycles. The topological polar surface area (TPSA) is 84.3 Å². The smallest absolute Gasteiger partial charge is 0.292 e. The maximum Gasteiger partial charge on any atom is 0.292 e. The summed E-state index contributed by atoms with van der Waals surface area (Å²) < 4.78 is 0. The van der Waals surface area contributed by atoms with Crippen LogP contribution in [0.3, 0.4) is 0 Å². The summed E-state index contributed by atoms with van der Waals surface area (Å²) >= 11 is 0. The quantitative estimate of drug-likeness (QED) is 0.640. The second kappa shape index (κ2) is 5.90. The summed E-state index contributed by atoms with van der Waals surface area (Å²) in [5.74, 6) is 0.388. The lowest BCUT2D eigenvalue weighted by Gasteiger charge is -2.19. The molecule has 6 nitrogen and oxygen atoms in total. The van der Waals surface area contributed by atoms with E-state index in [0.717, 1.165) is 12.0 Å². The lowest BCUT2D eigenvalue weighted by molar-refractivity contribution is -0.384. The van der Waals surface area contributed by atoms with Crippen molar-refractivity contribution in [1.29, 1.82) is 0 Å². The molecule has 1 amide bonds. The SMILES string of the molecule is CCC(C)CNc1cc2c(cc1[N+](=O)[O-])CCC(=O)N2. The number of nitrogens with zero attached hydrogens (tertiary/aromatic N) is 1. The Balaban J connectivity index is 2.30. The van der Waals surface area contributed by atoms with E-state index in [1.165, 1.54) is 0 Å². The van der Waals surface area contributed by atoms with Crippen molar-refractivity contribution in [3.8, 4) is 0 Å². The van der Waals surface area contributed by atoms with E-state index < -0.39 is 0 Å². The number of carbonyl (C=O) groups excluding carboxylic acids is 1. The lowest BCUT2D eigenvalue weighted by atomic mass is 10.0. The van der Waals surface area contributed by atoms with Crippen molar-refractivity contribution in [2.75, 3.05) is 17.2 Å². The first-order valence-corrected chi connectivity index (χ1v) is 6.86. The Hall–Kier alpha value is -2.11. The number of nitrogens with one attached hydrogen (secondary N) is 2. The summed E-state index contributed by atoms with van der Waals surface area (Å²) in [6.07, 6.45) is 1.93. The second-order valence-electron chi connectivity index (χ2n) is 5.23. The monoisotopic (exact) mass is 277 g/mol. The van der Waals surface area contributed by atoms with Gasteiger partial charge in [-0.2, -0.15) is 0 Å². The van der Waals surface area contributed by atoms with E-state index in [9.17, 15) is 14.9 Å². The third-order valence-corrected chi connectivity index (χ3v) is 3.65. The summed E-state index contributed by atoms with van der Waals surface area (Å²) in [5, 5.41) is 17.0. The number of hydrogen-bond acceptors (Lipinski definition) is 4. The molecule has 1 atom stereocenters. The molecule has 6 heteroatoms. The van der Waals surface area contributed by atoms with Gasteiger partial charge in [-0.15, -0.1) is 0 Å². The van der Waals surface area contributed by atoms with E-state index >= 15 is 0 Å². The minimum atomic E-state index is -0.379. The molecule has 2 rings (SSSR count). The fraction of sp³-hybridized carbons (Fsp3) is 0.500. The largest absolute Gasteiger partial charge is 0.379 e. The number of carbonyl (C=O) groups is 1. The van der Waals surface area contributed by atoms with E-state index in [1.54, 1.807) is 12.1 Å². The van der Waals surface area contributed by atoms with Crippen molar-refractivity contribution in [3.05, 3.63) is 27.8 Å². The first kappa shape index (κ1) is 14.3. The molecular formula is C14H19N3O3. The molecular weight excluding hydrogens is 258 g/mol. The first-order valence-electron chi connectivity index (χ1n) is 6.86. The van der Waals surface area contributed by atoms with Crippen LogP contribution in [-0.4, -0.2) is 17.4 Å². The number of amides is 1. The fourth-order valence-electron chi connectivity index (χ4n) is 2.14. The fourth-order valence-corrected chi connectivity index (χ4v) is 2.14. The summed E-state index contributed by atoms with van der Waals surface area (Å²) in [7, 11) is 0. The molecule has 1 aromatic rings. The van der Waals surface area contributed by atoms with Gasteiger partial charge in [0.1, 0.15) is 5.69 Å². The number of rotatable bonds is 5. The van der Waals surface area contributed by atoms with Crippen LogP contribution in [0.4, 0.5) is 17.1 Å². The predicted molar refractivity (Wildman–Crippen MR) is 78.0 cm³/mol. The van der Waals surface area contributed by atoms with Gasteiger partial charge in [0.25, 0.3) is 5.69 Å².